The van der Waals surface area contributed by atoms with Crippen LogP contribution in [0.15, 0.2) is 23.5 Å². The summed E-state index contributed by atoms with van der Waals surface area (Å²) in [5, 5.41) is 18.2. The van der Waals surface area contributed by atoms with E-state index in [2.05, 4.69) is 0 Å². The molecule has 13 heavy (non-hydrogen) atoms. The fourth-order valence-corrected chi connectivity index (χ4v) is 1.43. The van der Waals surface area contributed by atoms with Gasteiger partial charge in [0.1, 0.15) is 10.6 Å². The van der Waals surface area contributed by atoms with Crippen LogP contribution in [0.4, 0.5) is 0 Å². The second-order valence-electron chi connectivity index (χ2n) is 3.28. The fraction of sp³-hybridized carbons (Fsp3) is 0.444. The minimum absolute atomic E-state index is 0.00617. The second kappa shape index (κ2) is 3.07. The third kappa shape index (κ3) is 1.56. The number of hydrogen-bond donors (Lipinski definition) is 2. The van der Waals surface area contributed by atoms with E-state index in [4.69, 9.17) is 16.7 Å². The van der Waals surface area contributed by atoms with Crippen molar-refractivity contribution < 1.29 is 15.0 Å². The first-order valence-corrected chi connectivity index (χ1v) is 4.28. The molecule has 0 saturated carbocycles. The molecule has 0 radical (unpaired) electrons. The van der Waals surface area contributed by atoms with Gasteiger partial charge in [0.05, 0.1) is 0 Å². The van der Waals surface area contributed by atoms with Crippen molar-refractivity contribution in [2.75, 3.05) is 0 Å². The summed E-state index contributed by atoms with van der Waals surface area (Å²) in [5.74, 6) is -1.40. The number of aliphatic hydroxyl groups is 1. The minimum Gasteiger partial charge on any atom is -0.510 e. The molecule has 72 valence electrons. The molecule has 2 N–H and O–H groups in total. The molecular formula is C9H11ClO3. The van der Waals surface area contributed by atoms with Crippen molar-refractivity contribution in [2.24, 2.45) is 5.92 Å². The largest absolute Gasteiger partial charge is 0.510 e. The van der Waals surface area contributed by atoms with E-state index in [0.717, 1.165) is 0 Å². The van der Waals surface area contributed by atoms with Crippen LogP contribution in [-0.2, 0) is 4.79 Å². The molecule has 1 aliphatic carbocycles. The first-order valence-electron chi connectivity index (χ1n) is 3.91. The third-order valence-corrected chi connectivity index (χ3v) is 2.97. The zero-order chi connectivity index (χ0) is 10.2. The molecule has 0 amide bonds. The zero-order valence-corrected chi connectivity index (χ0v) is 8.17. The normalized spacial score (nSPS) is 33.6. The molecule has 2 atom stereocenters. The highest BCUT2D eigenvalue weighted by Crippen LogP contribution is 2.38. The van der Waals surface area contributed by atoms with Gasteiger partial charge in [0.2, 0.25) is 0 Å². The molecule has 0 aromatic rings. The van der Waals surface area contributed by atoms with E-state index in [9.17, 15) is 9.90 Å². The number of rotatable bonds is 1. The number of carboxylic acid groups (broad SMARTS) is 1. The summed E-state index contributed by atoms with van der Waals surface area (Å²) in [6, 6.07) is 0. The number of halogens is 1. The van der Waals surface area contributed by atoms with Gasteiger partial charge in [-0.15, -0.1) is 11.6 Å². The van der Waals surface area contributed by atoms with E-state index in [0.29, 0.717) is 0 Å². The van der Waals surface area contributed by atoms with Gasteiger partial charge in [-0.1, -0.05) is 6.92 Å². The molecule has 1 aliphatic rings. The van der Waals surface area contributed by atoms with Gasteiger partial charge >= 0.3 is 5.97 Å². The molecule has 1 rings (SSSR count). The molecule has 3 nitrogen and oxygen atoms in total. The van der Waals surface area contributed by atoms with Gasteiger partial charge in [-0.2, -0.15) is 0 Å². The van der Waals surface area contributed by atoms with Crippen molar-refractivity contribution in [1.82, 2.24) is 0 Å². The van der Waals surface area contributed by atoms with E-state index in [-0.39, 0.29) is 11.3 Å². The Bertz CT molecular complexity index is 302. The number of carboxylic acids is 1. The Morgan fingerprint density at radius 1 is 1.62 bits per heavy atom. The van der Waals surface area contributed by atoms with E-state index in [1.165, 1.54) is 12.2 Å². The lowest BCUT2D eigenvalue weighted by molar-refractivity contribution is -0.133. The van der Waals surface area contributed by atoms with Crippen LogP contribution in [0.3, 0.4) is 0 Å². The molecule has 0 bridgehead atoms. The second-order valence-corrected chi connectivity index (χ2v) is 4.06. The van der Waals surface area contributed by atoms with Crippen molar-refractivity contribution >= 4 is 17.6 Å². The Kier molecular flexibility index (Phi) is 2.39. The number of aliphatic hydroxyl groups excluding tert-OH is 1. The Hall–Kier alpha value is -0.960. The predicted molar refractivity (Wildman–Crippen MR) is 49.9 cm³/mol. The van der Waals surface area contributed by atoms with Crippen LogP contribution >= 0.6 is 11.6 Å². The number of allylic oxidation sites excluding steroid dienone is 3. The van der Waals surface area contributed by atoms with Crippen LogP contribution in [0.2, 0.25) is 0 Å². The summed E-state index contributed by atoms with van der Waals surface area (Å²) in [6.45, 7) is 3.27. The lowest BCUT2D eigenvalue weighted by atomic mass is 9.82. The Morgan fingerprint density at radius 3 is 2.62 bits per heavy atom. The molecule has 0 aromatic carbocycles. The van der Waals surface area contributed by atoms with E-state index < -0.39 is 16.8 Å². The highest BCUT2D eigenvalue weighted by molar-refractivity contribution is 6.26. The quantitative estimate of drug-likeness (QED) is 0.641. The molecule has 0 saturated heterocycles. The third-order valence-electron chi connectivity index (χ3n) is 2.45. The fourth-order valence-electron chi connectivity index (χ4n) is 1.25. The van der Waals surface area contributed by atoms with Crippen LogP contribution in [0, 0.1) is 5.92 Å². The molecule has 0 aliphatic heterocycles. The summed E-state index contributed by atoms with van der Waals surface area (Å²) in [7, 11) is 0. The SMILES string of the molecule is CC1C(C(=O)O)=CC=C(O)C1(C)Cl. The van der Waals surface area contributed by atoms with Crippen molar-refractivity contribution in [3.8, 4) is 0 Å². The maximum atomic E-state index is 10.7. The van der Waals surface area contributed by atoms with Gasteiger partial charge in [-0.05, 0) is 19.1 Å². The van der Waals surface area contributed by atoms with Gasteiger partial charge in [-0.25, -0.2) is 4.79 Å². The maximum Gasteiger partial charge on any atom is 0.331 e. The summed E-state index contributed by atoms with van der Waals surface area (Å²) in [5.41, 5.74) is 0.218. The monoisotopic (exact) mass is 202 g/mol. The summed E-state index contributed by atoms with van der Waals surface area (Å²) >= 11 is 5.99. The van der Waals surface area contributed by atoms with Gasteiger partial charge in [0, 0.05) is 11.5 Å². The van der Waals surface area contributed by atoms with Crippen molar-refractivity contribution in [3.63, 3.8) is 0 Å². The lowest BCUT2D eigenvalue weighted by Gasteiger charge is -2.31. The average Bonchev–Trinajstić information content (AvgIpc) is 2.01. The summed E-state index contributed by atoms with van der Waals surface area (Å²) < 4.78 is 0. The molecule has 2 unspecified atom stereocenters. The van der Waals surface area contributed by atoms with E-state index >= 15 is 0 Å². The predicted octanol–water partition coefficient (Wildman–Crippen LogP) is 2.09. The molecule has 0 fully saturated rings. The lowest BCUT2D eigenvalue weighted by Crippen LogP contribution is -2.34. The average molecular weight is 203 g/mol. The van der Waals surface area contributed by atoms with Crippen LogP contribution < -0.4 is 0 Å². The highest BCUT2D eigenvalue weighted by Gasteiger charge is 2.39. The van der Waals surface area contributed by atoms with Crippen LogP contribution in [-0.4, -0.2) is 21.1 Å². The van der Waals surface area contributed by atoms with E-state index in [1.54, 1.807) is 13.8 Å². The molecular weight excluding hydrogens is 192 g/mol. The standard InChI is InChI=1S/C9H11ClO3/c1-5-6(8(12)13)3-4-7(11)9(5,2)10/h3-5,11H,1-2H3,(H,12,13). The number of alkyl halides is 1. The van der Waals surface area contributed by atoms with Crippen molar-refractivity contribution in [1.29, 1.82) is 0 Å². The first-order chi connectivity index (χ1) is 5.87. The topological polar surface area (TPSA) is 57.5 Å². The van der Waals surface area contributed by atoms with Crippen molar-refractivity contribution in [3.05, 3.63) is 23.5 Å². The maximum absolute atomic E-state index is 10.7. The van der Waals surface area contributed by atoms with Crippen molar-refractivity contribution in [2.45, 2.75) is 18.7 Å². The Balaban J connectivity index is 3.12. The van der Waals surface area contributed by atoms with Gasteiger partial charge < -0.3 is 10.2 Å². The first kappa shape index (κ1) is 10.1. The number of aliphatic carboxylic acids is 1. The van der Waals surface area contributed by atoms with Crippen LogP contribution in [0.5, 0.6) is 0 Å². The Labute approximate surface area is 81.3 Å². The zero-order valence-electron chi connectivity index (χ0n) is 7.41. The van der Waals surface area contributed by atoms with Gasteiger partial charge in [-0.3, -0.25) is 0 Å². The number of carbonyl (C=O) groups is 1. The van der Waals surface area contributed by atoms with E-state index in [1.807, 2.05) is 0 Å². The minimum atomic E-state index is -1.01. The molecule has 0 heterocycles. The van der Waals surface area contributed by atoms with Crippen LogP contribution in [0.1, 0.15) is 13.8 Å². The molecule has 0 spiro atoms. The number of hydrogen-bond acceptors (Lipinski definition) is 2. The smallest absolute Gasteiger partial charge is 0.331 e. The molecule has 0 aromatic heterocycles. The summed E-state index contributed by atoms with van der Waals surface area (Å²) in [4.78, 5) is 9.71. The summed E-state index contributed by atoms with van der Waals surface area (Å²) in [6.07, 6.45) is 2.71. The van der Waals surface area contributed by atoms with Gasteiger partial charge in [0.15, 0.2) is 0 Å². The van der Waals surface area contributed by atoms with Crippen LogP contribution in [0.25, 0.3) is 0 Å². The highest BCUT2D eigenvalue weighted by atomic mass is 35.5. The molecule has 4 heteroatoms. The van der Waals surface area contributed by atoms with Gasteiger partial charge in [0.25, 0.3) is 0 Å². The Morgan fingerprint density at radius 2 is 2.15 bits per heavy atom.